The van der Waals surface area contributed by atoms with E-state index in [2.05, 4.69) is 4.99 Å². The number of allylic oxidation sites excluding steroid dienone is 1. The van der Waals surface area contributed by atoms with Crippen LogP contribution in [0.15, 0.2) is 87.8 Å². The molecule has 5 rings (SSSR count). The maximum atomic E-state index is 13.9. The molecule has 1 atom stereocenters. The smallest absolute Gasteiger partial charge is 0.338 e. The number of benzene rings is 3. The van der Waals surface area contributed by atoms with Crippen molar-refractivity contribution in [3.05, 3.63) is 109 Å². The highest BCUT2D eigenvalue weighted by Gasteiger charge is 2.34. The van der Waals surface area contributed by atoms with Gasteiger partial charge in [0, 0.05) is 5.56 Å². The van der Waals surface area contributed by atoms with Gasteiger partial charge in [0.25, 0.3) is 5.56 Å². The second kappa shape index (κ2) is 9.95. The lowest BCUT2D eigenvalue weighted by atomic mass is 9.91. The van der Waals surface area contributed by atoms with Crippen LogP contribution >= 0.6 is 11.3 Å². The third-order valence-corrected chi connectivity index (χ3v) is 7.12. The normalized spacial score (nSPS) is 15.5. The fraction of sp³-hybridized carbons (Fsp3) is 0.207. The average Bonchev–Trinajstić information content (AvgIpc) is 3.18. The van der Waals surface area contributed by atoms with E-state index in [1.165, 1.54) is 11.3 Å². The van der Waals surface area contributed by atoms with Crippen LogP contribution in [0.2, 0.25) is 0 Å². The van der Waals surface area contributed by atoms with Crippen molar-refractivity contribution in [2.45, 2.75) is 26.8 Å². The molecule has 7 heteroatoms. The Morgan fingerprint density at radius 1 is 1.03 bits per heavy atom. The number of ether oxygens (including phenoxy) is 2. The molecule has 1 aromatic heterocycles. The molecule has 0 saturated carbocycles. The number of para-hydroxylation sites is 1. The molecule has 0 fully saturated rings. The van der Waals surface area contributed by atoms with Crippen LogP contribution < -0.4 is 19.6 Å². The molecule has 0 spiro atoms. The lowest BCUT2D eigenvalue weighted by molar-refractivity contribution is -0.139. The van der Waals surface area contributed by atoms with E-state index in [1.54, 1.807) is 18.4 Å². The minimum Gasteiger partial charge on any atom is -0.493 e. The van der Waals surface area contributed by atoms with E-state index in [-0.39, 0.29) is 12.2 Å². The van der Waals surface area contributed by atoms with Gasteiger partial charge in [0.15, 0.2) is 4.80 Å². The monoisotopic (exact) mass is 498 g/mol. The Balaban J connectivity index is 1.79. The van der Waals surface area contributed by atoms with Crippen molar-refractivity contribution in [1.29, 1.82) is 0 Å². The predicted octanol–water partition coefficient (Wildman–Crippen LogP) is 4.35. The van der Waals surface area contributed by atoms with E-state index in [9.17, 15) is 9.59 Å². The fourth-order valence-electron chi connectivity index (χ4n) is 4.60. The van der Waals surface area contributed by atoms with Crippen molar-refractivity contribution in [2.75, 3.05) is 13.2 Å². The second-order valence-electron chi connectivity index (χ2n) is 8.34. The van der Waals surface area contributed by atoms with E-state index in [0.717, 1.165) is 21.9 Å². The minimum atomic E-state index is -0.657. The number of rotatable bonds is 6. The molecule has 2 heterocycles. The van der Waals surface area contributed by atoms with Crippen molar-refractivity contribution in [3.63, 3.8) is 0 Å². The highest BCUT2D eigenvalue weighted by atomic mass is 32.1. The zero-order valence-corrected chi connectivity index (χ0v) is 21.2. The Bertz CT molecular complexity index is 1670. The summed E-state index contributed by atoms with van der Waals surface area (Å²) in [7, 11) is 0. The maximum absolute atomic E-state index is 13.9. The van der Waals surface area contributed by atoms with E-state index in [4.69, 9.17) is 9.47 Å². The van der Waals surface area contributed by atoms with Crippen LogP contribution in [0.3, 0.4) is 0 Å². The summed E-state index contributed by atoms with van der Waals surface area (Å²) in [6.07, 6.45) is 1.83. The summed E-state index contributed by atoms with van der Waals surface area (Å²) in [5.74, 6) is 0.243. The summed E-state index contributed by atoms with van der Waals surface area (Å²) >= 11 is 1.30. The number of carbonyl (C=O) groups excluding carboxylic acids is 1. The molecule has 6 nitrogen and oxygen atoms in total. The molecule has 4 aromatic rings. The topological polar surface area (TPSA) is 69.9 Å². The van der Waals surface area contributed by atoms with Crippen molar-refractivity contribution in [3.8, 4) is 5.75 Å². The number of fused-ring (bicyclic) bond motifs is 2. The van der Waals surface area contributed by atoms with E-state index in [1.807, 2.05) is 79.7 Å². The van der Waals surface area contributed by atoms with Crippen molar-refractivity contribution >= 4 is 34.2 Å². The Kier molecular flexibility index (Phi) is 6.57. The molecule has 1 aliphatic rings. The fourth-order valence-corrected chi connectivity index (χ4v) is 5.64. The van der Waals surface area contributed by atoms with Crippen molar-refractivity contribution in [2.24, 2.45) is 4.99 Å². The Hall–Kier alpha value is -3.97. The first-order valence-corrected chi connectivity index (χ1v) is 12.7. The van der Waals surface area contributed by atoms with Gasteiger partial charge in [-0.1, -0.05) is 72.0 Å². The molecule has 1 aliphatic heterocycles. The highest BCUT2D eigenvalue weighted by Crippen LogP contribution is 2.34. The van der Waals surface area contributed by atoms with Gasteiger partial charge in [-0.15, -0.1) is 0 Å². The number of esters is 1. The molecule has 0 aliphatic carbocycles. The molecule has 3 aromatic carbocycles. The van der Waals surface area contributed by atoms with Gasteiger partial charge in [-0.25, -0.2) is 9.79 Å². The van der Waals surface area contributed by atoms with Gasteiger partial charge in [-0.05, 0) is 49.2 Å². The first kappa shape index (κ1) is 23.8. The molecule has 0 unspecified atom stereocenters. The zero-order chi connectivity index (χ0) is 25.2. The first-order valence-electron chi connectivity index (χ1n) is 11.9. The SMILES string of the molecule is CCOC(=O)C1=C(C)N=c2s/c(=C\c3ccccc3OCC)c(=O)n2[C@@H]1c1cccc2ccccc12. The number of nitrogens with zero attached hydrogens (tertiary/aromatic N) is 2. The third kappa shape index (κ3) is 4.16. The van der Waals surface area contributed by atoms with Gasteiger partial charge >= 0.3 is 5.97 Å². The Morgan fingerprint density at radius 2 is 1.78 bits per heavy atom. The molecule has 0 amide bonds. The molecule has 0 N–H and O–H groups in total. The van der Waals surface area contributed by atoms with Crippen molar-refractivity contribution in [1.82, 2.24) is 4.57 Å². The van der Waals surface area contributed by atoms with Crippen LogP contribution in [0.25, 0.3) is 16.8 Å². The molecule has 182 valence electrons. The third-order valence-electron chi connectivity index (χ3n) is 6.14. The molecular weight excluding hydrogens is 472 g/mol. The lowest BCUT2D eigenvalue weighted by Crippen LogP contribution is -2.40. The maximum Gasteiger partial charge on any atom is 0.338 e. The van der Waals surface area contributed by atoms with Gasteiger partial charge in [-0.3, -0.25) is 9.36 Å². The molecule has 0 saturated heterocycles. The summed E-state index contributed by atoms with van der Waals surface area (Å²) in [5, 5.41) is 2.00. The molecule has 0 radical (unpaired) electrons. The molecule has 0 bridgehead atoms. The van der Waals surface area contributed by atoms with Crippen LogP contribution in [0.4, 0.5) is 0 Å². The van der Waals surface area contributed by atoms with Crippen LogP contribution in [-0.4, -0.2) is 23.8 Å². The summed E-state index contributed by atoms with van der Waals surface area (Å²) < 4.78 is 13.3. The molecular formula is C29H26N2O4S. The van der Waals surface area contributed by atoms with Gasteiger partial charge in [-0.2, -0.15) is 0 Å². The van der Waals surface area contributed by atoms with Crippen LogP contribution in [0.5, 0.6) is 5.75 Å². The standard InChI is InChI=1S/C29H26N2O4S/c1-4-34-23-16-9-7-12-20(23)17-24-27(32)31-26(22-15-10-13-19-11-6-8-14-21(19)22)25(28(33)35-5-2)18(3)30-29(31)36-24/h6-17,26H,4-5H2,1-3H3/b24-17-/t26-/m1/s1. The Morgan fingerprint density at radius 3 is 2.58 bits per heavy atom. The summed E-state index contributed by atoms with van der Waals surface area (Å²) in [4.78, 5) is 32.3. The van der Waals surface area contributed by atoms with Crippen LogP contribution in [0.1, 0.15) is 37.9 Å². The minimum absolute atomic E-state index is 0.211. The van der Waals surface area contributed by atoms with Gasteiger partial charge in [0.1, 0.15) is 5.75 Å². The largest absolute Gasteiger partial charge is 0.493 e. The number of thiazole rings is 1. The van der Waals surface area contributed by atoms with Crippen LogP contribution in [-0.2, 0) is 9.53 Å². The summed E-state index contributed by atoms with van der Waals surface area (Å²) in [6.45, 7) is 6.25. The average molecular weight is 499 g/mol. The van der Waals surface area contributed by atoms with Gasteiger partial charge in [0.2, 0.25) is 0 Å². The predicted molar refractivity (Wildman–Crippen MR) is 142 cm³/mol. The Labute approximate surface area is 212 Å². The van der Waals surface area contributed by atoms with E-state index < -0.39 is 12.0 Å². The number of aromatic nitrogens is 1. The zero-order valence-electron chi connectivity index (χ0n) is 20.4. The lowest BCUT2D eigenvalue weighted by Gasteiger charge is -2.25. The number of hydrogen-bond donors (Lipinski definition) is 0. The van der Waals surface area contributed by atoms with E-state index in [0.29, 0.717) is 33.0 Å². The number of hydrogen-bond acceptors (Lipinski definition) is 6. The summed E-state index contributed by atoms with van der Waals surface area (Å²) in [5.41, 5.74) is 2.38. The van der Waals surface area contributed by atoms with Crippen LogP contribution in [0, 0.1) is 0 Å². The second-order valence-corrected chi connectivity index (χ2v) is 9.35. The van der Waals surface area contributed by atoms with Crippen molar-refractivity contribution < 1.29 is 14.3 Å². The summed E-state index contributed by atoms with van der Waals surface area (Å²) in [6, 6.07) is 20.9. The molecule has 36 heavy (non-hydrogen) atoms. The number of carbonyl (C=O) groups is 1. The van der Waals surface area contributed by atoms with Gasteiger partial charge in [0.05, 0.1) is 35.1 Å². The van der Waals surface area contributed by atoms with E-state index >= 15 is 0 Å². The van der Waals surface area contributed by atoms with Gasteiger partial charge < -0.3 is 9.47 Å². The first-order chi connectivity index (χ1) is 17.5. The quantitative estimate of drug-likeness (QED) is 0.371. The highest BCUT2D eigenvalue weighted by molar-refractivity contribution is 7.07.